The van der Waals surface area contributed by atoms with Gasteiger partial charge in [-0.25, -0.2) is 9.59 Å². The summed E-state index contributed by atoms with van der Waals surface area (Å²) in [6.07, 6.45) is 9.78. The van der Waals surface area contributed by atoms with Crippen LogP contribution in [0, 0.1) is 17.3 Å². The van der Waals surface area contributed by atoms with Crippen molar-refractivity contribution < 1.29 is 28.4 Å². The van der Waals surface area contributed by atoms with Crippen LogP contribution in [0.3, 0.4) is 0 Å². The van der Waals surface area contributed by atoms with E-state index in [1.165, 1.54) is 12.8 Å². The third kappa shape index (κ3) is 6.15. The van der Waals surface area contributed by atoms with Gasteiger partial charge in [0.05, 0.1) is 24.2 Å². The van der Waals surface area contributed by atoms with Crippen LogP contribution >= 0.6 is 0 Å². The van der Waals surface area contributed by atoms with Crippen LogP contribution < -0.4 is 5.32 Å². The van der Waals surface area contributed by atoms with Gasteiger partial charge in [-0.1, -0.05) is 76.6 Å². The molecule has 2 unspecified atom stereocenters. The summed E-state index contributed by atoms with van der Waals surface area (Å²) in [4.78, 5) is 46.4. The largest absolute Gasteiger partial charge is 0.481 e. The maximum atomic E-state index is 14.2. The number of ether oxygens (including phenoxy) is 1. The molecule has 3 saturated carbocycles. The number of carbonyl (C=O) groups is 3. The smallest absolute Gasteiger partial charge is 0.444 e. The lowest BCUT2D eigenvalue weighted by atomic mass is 9.43. The molecule has 11 heteroatoms. The number of nitrogens with one attached hydrogen (secondary N) is 1. The molecule has 0 radical (unpaired) electrons. The molecule has 4 heterocycles. The molecule has 1 aromatic rings. The number of fused-ring (bicyclic) bond motifs is 2. The first-order valence-corrected chi connectivity index (χ1v) is 18.2. The van der Waals surface area contributed by atoms with E-state index in [2.05, 4.69) is 26.1 Å². The van der Waals surface area contributed by atoms with Gasteiger partial charge in [0.15, 0.2) is 0 Å². The number of hydrogen-bond acceptors (Lipinski definition) is 6. The third-order valence-corrected chi connectivity index (χ3v) is 12.6. The van der Waals surface area contributed by atoms with Crippen molar-refractivity contribution in [3.63, 3.8) is 0 Å². The highest BCUT2D eigenvalue weighted by atomic mass is 16.7. The molecule has 3 aliphatic carbocycles. The van der Waals surface area contributed by atoms with Crippen LogP contribution in [0.25, 0.3) is 0 Å². The van der Waals surface area contributed by atoms with Crippen LogP contribution in [0.5, 0.6) is 0 Å². The second kappa shape index (κ2) is 12.9. The summed E-state index contributed by atoms with van der Waals surface area (Å²) in [5.74, 6) is 0.525. The van der Waals surface area contributed by atoms with Gasteiger partial charge in [0.2, 0.25) is 5.91 Å². The van der Waals surface area contributed by atoms with E-state index >= 15 is 0 Å². The molecule has 2 bridgehead atoms. The number of hydrogen-bond donors (Lipinski definition) is 1. The van der Waals surface area contributed by atoms with E-state index in [-0.39, 0.29) is 48.0 Å². The molecule has 4 aliphatic heterocycles. The van der Waals surface area contributed by atoms with Gasteiger partial charge in [0.25, 0.3) is 0 Å². The lowest BCUT2D eigenvalue weighted by molar-refractivity contribution is -0.199. The van der Waals surface area contributed by atoms with Crippen molar-refractivity contribution in [1.29, 1.82) is 0 Å². The molecule has 7 aliphatic rings. The summed E-state index contributed by atoms with van der Waals surface area (Å²) < 4.78 is 19.5. The van der Waals surface area contributed by atoms with Crippen molar-refractivity contribution in [2.45, 2.75) is 134 Å². The summed E-state index contributed by atoms with van der Waals surface area (Å²) in [7, 11) is 1.28. The van der Waals surface area contributed by atoms with Crippen LogP contribution in [0.1, 0.15) is 103 Å². The normalized spacial score (nSPS) is 35.9. The number of benzene rings is 1. The number of nitrogens with zero attached hydrogens (tertiary/aromatic N) is 3. The zero-order valence-corrected chi connectivity index (χ0v) is 28.7. The molecular formula is C36H53BN4O6. The second-order valence-electron chi connectivity index (χ2n) is 16.0. The Bertz CT molecular complexity index is 1340. The zero-order chi connectivity index (χ0) is 32.9. The van der Waals surface area contributed by atoms with Gasteiger partial charge in [0.1, 0.15) is 12.1 Å². The fourth-order valence-corrected chi connectivity index (χ4v) is 9.56. The summed E-state index contributed by atoms with van der Waals surface area (Å²) in [6.45, 7) is 8.73. The van der Waals surface area contributed by atoms with Gasteiger partial charge in [-0.3, -0.25) is 9.69 Å². The topological polar surface area (TPSA) is 101 Å². The molecule has 3 saturated heterocycles. The average Bonchev–Trinajstić information content (AvgIpc) is 3.76. The molecular weight excluding hydrogens is 595 g/mol. The summed E-state index contributed by atoms with van der Waals surface area (Å²) in [6, 6.07) is 7.07. The average molecular weight is 649 g/mol. The minimum Gasteiger partial charge on any atom is -0.444 e. The zero-order valence-electron chi connectivity index (χ0n) is 28.7. The van der Waals surface area contributed by atoms with Crippen molar-refractivity contribution >= 4 is 25.1 Å². The minimum atomic E-state index is -0.750. The molecule has 0 spiro atoms. The Kier molecular flexibility index (Phi) is 9.00. The predicted octanol–water partition coefficient (Wildman–Crippen LogP) is 5.52. The molecule has 6 fully saturated rings. The van der Waals surface area contributed by atoms with E-state index < -0.39 is 25.4 Å². The van der Waals surface area contributed by atoms with Crippen LogP contribution in [0.2, 0.25) is 0 Å². The maximum Gasteiger partial charge on any atom is 0.481 e. The van der Waals surface area contributed by atoms with E-state index in [1.54, 1.807) is 21.7 Å². The van der Waals surface area contributed by atoms with E-state index in [4.69, 9.17) is 14.0 Å². The Morgan fingerprint density at radius 2 is 1.64 bits per heavy atom. The number of urea groups is 1. The molecule has 4 amide bonds. The predicted molar refractivity (Wildman–Crippen MR) is 178 cm³/mol. The van der Waals surface area contributed by atoms with Gasteiger partial charge < -0.3 is 29.2 Å². The van der Waals surface area contributed by atoms with E-state index in [9.17, 15) is 14.4 Å². The molecule has 47 heavy (non-hydrogen) atoms. The van der Waals surface area contributed by atoms with Gasteiger partial charge in [-0.15, -0.1) is 0 Å². The molecule has 0 aromatic heterocycles. The minimum absolute atomic E-state index is 0.0280. The Hall–Kier alpha value is -2.79. The molecule has 7 atom stereocenters. The monoisotopic (exact) mass is 648 g/mol. The lowest BCUT2D eigenvalue weighted by Crippen LogP contribution is -2.65. The van der Waals surface area contributed by atoms with Gasteiger partial charge in [-0.05, 0) is 61.0 Å². The third-order valence-electron chi connectivity index (χ3n) is 12.6. The SMILES string of the molecule is CN1CCCCCCCCC[C@@H](B2OC3C[C@H]4C[C@H](C4(C)C)[C@@]3(C)O2)NC(=O)C2C[C@@H](OC(=O)N3Cc4ccccc4C3)CN2C1=O. The Morgan fingerprint density at radius 3 is 2.34 bits per heavy atom. The van der Waals surface area contributed by atoms with Crippen molar-refractivity contribution in [3.8, 4) is 0 Å². The van der Waals surface area contributed by atoms with E-state index in [1.807, 2.05) is 24.3 Å². The molecule has 1 aromatic carbocycles. The van der Waals surface area contributed by atoms with Crippen LogP contribution in [0.15, 0.2) is 24.3 Å². The first kappa shape index (κ1) is 32.7. The van der Waals surface area contributed by atoms with Crippen molar-refractivity contribution in [1.82, 2.24) is 20.0 Å². The summed E-state index contributed by atoms with van der Waals surface area (Å²) in [5, 5.41) is 3.31. The number of carbonyl (C=O) groups excluding carboxylic acids is 3. The van der Waals surface area contributed by atoms with Crippen molar-refractivity contribution in [2.24, 2.45) is 17.3 Å². The highest BCUT2D eigenvalue weighted by Crippen LogP contribution is 2.65. The van der Waals surface area contributed by atoms with Gasteiger partial charge in [0, 0.05) is 33.1 Å². The Morgan fingerprint density at radius 1 is 0.957 bits per heavy atom. The highest BCUT2D eigenvalue weighted by Gasteiger charge is 2.68. The van der Waals surface area contributed by atoms with Crippen LogP contribution in [-0.4, -0.2) is 89.8 Å². The summed E-state index contributed by atoms with van der Waals surface area (Å²) >= 11 is 0. The number of amides is 4. The first-order valence-electron chi connectivity index (χ1n) is 18.2. The van der Waals surface area contributed by atoms with Crippen molar-refractivity contribution in [3.05, 3.63) is 35.4 Å². The molecule has 1 N–H and O–H groups in total. The first-order chi connectivity index (χ1) is 22.5. The Balaban J connectivity index is 1.07. The maximum absolute atomic E-state index is 14.2. The van der Waals surface area contributed by atoms with Gasteiger partial charge >= 0.3 is 19.2 Å². The van der Waals surface area contributed by atoms with E-state index in [0.29, 0.717) is 31.5 Å². The number of rotatable bonds is 2. The van der Waals surface area contributed by atoms with E-state index in [0.717, 1.165) is 62.5 Å². The summed E-state index contributed by atoms with van der Waals surface area (Å²) in [5.41, 5.74) is 2.10. The molecule has 8 rings (SSSR count). The highest BCUT2D eigenvalue weighted by molar-refractivity contribution is 6.47. The van der Waals surface area contributed by atoms with Crippen LogP contribution in [0.4, 0.5) is 9.59 Å². The molecule has 10 nitrogen and oxygen atoms in total. The quantitative estimate of drug-likeness (QED) is 0.424. The fourth-order valence-electron chi connectivity index (χ4n) is 9.56. The second-order valence-corrected chi connectivity index (χ2v) is 16.0. The van der Waals surface area contributed by atoms with Crippen LogP contribution in [-0.2, 0) is 31.9 Å². The van der Waals surface area contributed by atoms with Crippen molar-refractivity contribution in [2.75, 3.05) is 20.1 Å². The lowest BCUT2D eigenvalue weighted by Gasteiger charge is -2.64. The Labute approximate surface area is 280 Å². The van der Waals surface area contributed by atoms with Gasteiger partial charge in [-0.2, -0.15) is 0 Å². The molecule has 256 valence electrons. The standard InChI is InChI=1S/C36H53BN4O6/c1-35(2)26-18-29(35)36(3)30(19-26)46-37(47-36)31-16-10-8-6-5-7-9-13-17-39(4)33(43)41-23-27(20-28(41)32(42)38-31)45-34(44)40-21-24-14-11-12-15-25(24)22-40/h11-12,14-15,26-31H,5-10,13,16-23H2,1-4H3,(H,38,42)/t26-,27-,28?,29-,30?,31+,36-/m1/s1. The fraction of sp³-hybridized carbons (Fsp3) is 0.750.